The molecule has 2 aromatic carbocycles. The van der Waals surface area contributed by atoms with Crippen molar-refractivity contribution in [2.45, 2.75) is 23.8 Å². The van der Waals surface area contributed by atoms with Crippen molar-refractivity contribution in [2.24, 2.45) is 16.2 Å². The second kappa shape index (κ2) is 10.1. The molecule has 2 fully saturated rings. The van der Waals surface area contributed by atoms with E-state index in [1.165, 1.54) is 24.3 Å². The van der Waals surface area contributed by atoms with E-state index in [4.69, 9.17) is 4.98 Å². The van der Waals surface area contributed by atoms with Crippen LogP contribution in [-0.2, 0) is 10.0 Å². The summed E-state index contributed by atoms with van der Waals surface area (Å²) in [6.07, 6.45) is 5.01. The number of non-ortho nitro benzene ring substituents is 1. The van der Waals surface area contributed by atoms with E-state index in [1.54, 1.807) is 34.7 Å². The molecule has 200 valence electrons. The predicted octanol–water partition coefficient (Wildman–Crippen LogP) is 4.30. The molecule has 0 amide bonds. The smallest absolute Gasteiger partial charge is 0.283 e. The van der Waals surface area contributed by atoms with Gasteiger partial charge in [0, 0.05) is 30.4 Å². The third-order valence-electron chi connectivity index (χ3n) is 7.32. The van der Waals surface area contributed by atoms with Crippen LogP contribution in [0.1, 0.15) is 23.9 Å². The van der Waals surface area contributed by atoms with Gasteiger partial charge in [-0.05, 0) is 69.2 Å². The highest BCUT2D eigenvalue weighted by atomic mass is 32.2. The molecule has 0 saturated carbocycles. The van der Waals surface area contributed by atoms with Gasteiger partial charge in [-0.25, -0.2) is 15.0 Å². The fraction of sp³-hybridized carbons (Fsp3) is 0.308. The molecule has 0 spiro atoms. The maximum Gasteiger partial charge on any atom is 0.283 e. The molecular weight excluding hydrogens is 538 g/mol. The maximum atomic E-state index is 13.5. The molecule has 6 rings (SSSR count). The molecule has 2 aliphatic heterocycles. The average molecular weight is 564 g/mol. The molecule has 2 aromatic heterocycles. The van der Waals surface area contributed by atoms with Gasteiger partial charge < -0.3 is 4.90 Å². The Morgan fingerprint density at radius 3 is 2.38 bits per heavy atom. The van der Waals surface area contributed by atoms with Crippen molar-refractivity contribution in [3.05, 3.63) is 82.1 Å². The first-order valence-electron chi connectivity index (χ1n) is 12.5. The zero-order valence-electron chi connectivity index (χ0n) is 21.0. The fourth-order valence-corrected chi connectivity index (χ4v) is 7.47. The largest absolute Gasteiger partial charge is 0.306 e. The van der Waals surface area contributed by atoms with Gasteiger partial charge in [-0.2, -0.15) is 8.42 Å². The third kappa shape index (κ3) is 4.77. The number of fused-ring (bicyclic) bond motifs is 1. The zero-order valence-corrected chi connectivity index (χ0v) is 22.6. The number of aromatic nitrogens is 3. The van der Waals surface area contributed by atoms with Crippen LogP contribution < -0.4 is 4.90 Å². The van der Waals surface area contributed by atoms with Gasteiger partial charge in [0.05, 0.1) is 20.0 Å². The van der Waals surface area contributed by atoms with Crippen LogP contribution in [0, 0.1) is 22.0 Å². The van der Waals surface area contributed by atoms with Crippen molar-refractivity contribution < 1.29 is 13.3 Å². The first-order chi connectivity index (χ1) is 18.8. The Morgan fingerprint density at radius 2 is 1.72 bits per heavy atom. The number of amidine groups is 1. The second-order valence-corrected chi connectivity index (χ2v) is 12.4. The summed E-state index contributed by atoms with van der Waals surface area (Å²) in [5.41, 5.74) is 0.696. The summed E-state index contributed by atoms with van der Waals surface area (Å²) < 4.78 is 32.4. The number of sulfonamides is 1. The van der Waals surface area contributed by atoms with Gasteiger partial charge in [-0.1, -0.05) is 12.1 Å². The highest BCUT2D eigenvalue weighted by molar-refractivity contribution is 7.90. The van der Waals surface area contributed by atoms with Crippen molar-refractivity contribution in [1.29, 1.82) is 0 Å². The minimum Gasteiger partial charge on any atom is -0.306 e. The summed E-state index contributed by atoms with van der Waals surface area (Å²) >= 11 is 1.58. The molecule has 2 unspecified atom stereocenters. The van der Waals surface area contributed by atoms with E-state index >= 15 is 0 Å². The van der Waals surface area contributed by atoms with Crippen LogP contribution in [0.2, 0.25) is 0 Å². The van der Waals surface area contributed by atoms with Crippen molar-refractivity contribution >= 4 is 49.0 Å². The molecule has 11 nitrogen and oxygen atoms in total. The van der Waals surface area contributed by atoms with Crippen LogP contribution >= 0.6 is 11.3 Å². The van der Waals surface area contributed by atoms with Gasteiger partial charge in [0.2, 0.25) is 5.95 Å². The van der Waals surface area contributed by atoms with Crippen molar-refractivity contribution in [3.63, 3.8) is 0 Å². The minimum atomic E-state index is -4.18. The normalized spacial score (nSPS) is 21.8. The number of rotatable bonds is 6. The number of piperidine rings is 1. The molecule has 0 radical (unpaired) electrons. The minimum absolute atomic E-state index is 0.111. The number of thiazole rings is 1. The van der Waals surface area contributed by atoms with Gasteiger partial charge in [0.15, 0.2) is 0 Å². The van der Waals surface area contributed by atoms with E-state index in [9.17, 15) is 18.5 Å². The molecule has 39 heavy (non-hydrogen) atoms. The Labute approximate surface area is 229 Å². The topological polar surface area (TPSA) is 135 Å². The number of nitrogens with zero attached hydrogens (tertiary/aromatic N) is 7. The standard InChI is InChI=1S/C26H25N7O4S2/c1-31-15-11-17(12-16-31)22-23(25-29-20-5-2-3-6-21(20)38-25)32(26-27-13-4-14-28-26)24(22)30-39(36,37)19-9-7-18(8-10-19)33(34)35/h2-10,13-14,17,22-23H,11-12,15-16H2,1H3. The van der Waals surface area contributed by atoms with E-state index in [1.807, 2.05) is 24.3 Å². The van der Waals surface area contributed by atoms with E-state index in [-0.39, 0.29) is 28.5 Å². The molecule has 0 N–H and O–H groups in total. The lowest BCUT2D eigenvalue weighted by Gasteiger charge is -2.51. The fourth-order valence-electron chi connectivity index (χ4n) is 5.32. The lowest BCUT2D eigenvalue weighted by molar-refractivity contribution is -0.384. The van der Waals surface area contributed by atoms with Crippen molar-refractivity contribution in [2.75, 3.05) is 25.0 Å². The Bertz CT molecular complexity index is 1620. The Hall–Kier alpha value is -3.81. The summed E-state index contributed by atoms with van der Waals surface area (Å²) in [5, 5.41) is 11.9. The van der Waals surface area contributed by atoms with Crippen LogP contribution in [0.4, 0.5) is 11.6 Å². The summed E-state index contributed by atoms with van der Waals surface area (Å²) in [6, 6.07) is 14.1. The average Bonchev–Trinajstić information content (AvgIpc) is 3.36. The van der Waals surface area contributed by atoms with Crippen LogP contribution in [-0.4, -0.2) is 59.2 Å². The van der Waals surface area contributed by atoms with E-state index in [2.05, 4.69) is 26.3 Å². The molecule has 2 aliphatic rings. The molecule has 0 bridgehead atoms. The van der Waals surface area contributed by atoms with E-state index < -0.39 is 14.9 Å². The zero-order chi connectivity index (χ0) is 27.1. The number of nitro groups is 1. The van der Waals surface area contributed by atoms with Gasteiger partial charge in [0.1, 0.15) is 16.9 Å². The molecule has 2 saturated heterocycles. The number of hydrogen-bond donors (Lipinski definition) is 0. The Balaban J connectivity index is 1.47. The molecule has 4 heterocycles. The SMILES string of the molecule is CN1CCC(C2C(=NS(=O)(=O)c3ccc([N+](=O)[O-])cc3)N(c3ncccn3)C2c2nc3ccccc3s2)CC1. The third-order valence-corrected chi connectivity index (χ3v) is 9.73. The number of benzene rings is 2. The highest BCUT2D eigenvalue weighted by Gasteiger charge is 2.54. The summed E-state index contributed by atoms with van der Waals surface area (Å²) in [4.78, 5) is 28.2. The van der Waals surface area contributed by atoms with Gasteiger partial charge >= 0.3 is 0 Å². The number of nitro benzene ring substituents is 1. The lowest BCUT2D eigenvalue weighted by atomic mass is 9.73. The first-order valence-corrected chi connectivity index (χ1v) is 14.8. The monoisotopic (exact) mass is 563 g/mol. The quantitative estimate of drug-likeness (QED) is 0.248. The number of anilines is 1. The molecule has 0 aliphatic carbocycles. The number of para-hydroxylation sites is 1. The maximum absolute atomic E-state index is 13.5. The summed E-state index contributed by atoms with van der Waals surface area (Å²) in [5.74, 6) is 0.696. The van der Waals surface area contributed by atoms with Crippen LogP contribution in [0.15, 0.2) is 76.3 Å². The van der Waals surface area contributed by atoms with Crippen LogP contribution in [0.3, 0.4) is 0 Å². The summed E-state index contributed by atoms with van der Waals surface area (Å²) in [7, 11) is -2.09. The van der Waals surface area contributed by atoms with Crippen molar-refractivity contribution in [3.8, 4) is 0 Å². The molecule has 4 aromatic rings. The number of hydrogen-bond acceptors (Lipinski definition) is 9. The van der Waals surface area contributed by atoms with Gasteiger partial charge in [-0.15, -0.1) is 15.7 Å². The first kappa shape index (κ1) is 25.5. The molecule has 2 atom stereocenters. The predicted molar refractivity (Wildman–Crippen MR) is 148 cm³/mol. The molecule has 13 heteroatoms. The van der Waals surface area contributed by atoms with Crippen molar-refractivity contribution in [1.82, 2.24) is 19.9 Å². The molecular formula is C26H25N7O4S2. The lowest BCUT2D eigenvalue weighted by Crippen LogP contribution is -2.60. The Morgan fingerprint density at radius 1 is 1.03 bits per heavy atom. The Kier molecular flexibility index (Phi) is 6.57. The van der Waals surface area contributed by atoms with E-state index in [0.717, 1.165) is 41.2 Å². The van der Waals surface area contributed by atoms with Gasteiger partial charge in [0.25, 0.3) is 15.7 Å². The summed E-state index contributed by atoms with van der Waals surface area (Å²) in [6.45, 7) is 1.80. The van der Waals surface area contributed by atoms with Crippen LogP contribution in [0.5, 0.6) is 0 Å². The number of likely N-dealkylation sites (tertiary alicyclic amines) is 1. The second-order valence-electron chi connectivity index (χ2n) is 9.73. The highest BCUT2D eigenvalue weighted by Crippen LogP contribution is 2.50. The van der Waals surface area contributed by atoms with E-state index in [0.29, 0.717) is 11.8 Å². The van der Waals surface area contributed by atoms with Gasteiger partial charge in [-0.3, -0.25) is 15.0 Å². The van der Waals surface area contributed by atoms with Crippen LogP contribution in [0.25, 0.3) is 10.2 Å².